The molecule has 6 nitrogen and oxygen atoms in total. The van der Waals surface area contributed by atoms with Gasteiger partial charge in [0.25, 0.3) is 5.91 Å². The number of amides is 1. The van der Waals surface area contributed by atoms with Crippen molar-refractivity contribution in [3.05, 3.63) is 71.9 Å². The summed E-state index contributed by atoms with van der Waals surface area (Å²) in [5, 5.41) is 3.51. The number of fused-ring (bicyclic) bond motifs is 1. The first-order valence-electron chi connectivity index (χ1n) is 8.47. The molecule has 6 heteroatoms. The number of methoxy groups -OCH3 is 2. The summed E-state index contributed by atoms with van der Waals surface area (Å²) < 4.78 is 10.0. The molecule has 1 heterocycles. The number of benzene rings is 2. The van der Waals surface area contributed by atoms with Gasteiger partial charge in [0, 0.05) is 18.0 Å². The van der Waals surface area contributed by atoms with Crippen molar-refractivity contribution in [3.63, 3.8) is 0 Å². The summed E-state index contributed by atoms with van der Waals surface area (Å²) in [4.78, 5) is 29.3. The molecule has 27 heavy (non-hydrogen) atoms. The molecule has 0 spiro atoms. The number of esters is 1. The Kier molecular flexibility index (Phi) is 5.66. The molecule has 0 fully saturated rings. The lowest BCUT2D eigenvalue weighted by Gasteiger charge is -2.17. The molecule has 0 bridgehead atoms. The van der Waals surface area contributed by atoms with Crippen LogP contribution in [0.15, 0.2) is 60.8 Å². The summed E-state index contributed by atoms with van der Waals surface area (Å²) in [5.74, 6) is -0.129. The van der Waals surface area contributed by atoms with Crippen LogP contribution < -0.4 is 10.1 Å². The third kappa shape index (κ3) is 4.23. The number of nitrogens with zero attached hydrogens (tertiary/aromatic N) is 1. The van der Waals surface area contributed by atoms with Gasteiger partial charge in [-0.2, -0.15) is 0 Å². The molecular weight excluding hydrogens is 344 g/mol. The topological polar surface area (TPSA) is 77.5 Å². The maximum absolute atomic E-state index is 12.8. The minimum atomic E-state index is -0.803. The van der Waals surface area contributed by atoms with Gasteiger partial charge in [-0.3, -0.25) is 9.78 Å². The van der Waals surface area contributed by atoms with Crippen molar-refractivity contribution in [1.29, 1.82) is 0 Å². The average Bonchev–Trinajstić information content (AvgIpc) is 2.72. The number of para-hydroxylation sites is 1. The minimum absolute atomic E-state index is 0.311. The van der Waals surface area contributed by atoms with E-state index in [0.717, 1.165) is 22.2 Å². The minimum Gasteiger partial charge on any atom is -0.497 e. The van der Waals surface area contributed by atoms with E-state index in [4.69, 9.17) is 9.47 Å². The van der Waals surface area contributed by atoms with E-state index in [2.05, 4.69) is 10.3 Å². The predicted octanol–water partition coefficient (Wildman–Crippen LogP) is 2.76. The Morgan fingerprint density at radius 1 is 1.04 bits per heavy atom. The zero-order valence-electron chi connectivity index (χ0n) is 15.1. The van der Waals surface area contributed by atoms with Crippen molar-refractivity contribution >= 4 is 22.8 Å². The Morgan fingerprint density at radius 3 is 2.48 bits per heavy atom. The molecule has 0 aliphatic heterocycles. The Hall–Kier alpha value is -3.41. The van der Waals surface area contributed by atoms with E-state index in [-0.39, 0.29) is 5.91 Å². The van der Waals surface area contributed by atoms with E-state index >= 15 is 0 Å². The number of hydrogen-bond donors (Lipinski definition) is 1. The van der Waals surface area contributed by atoms with E-state index in [0.29, 0.717) is 12.0 Å². The number of ether oxygens (including phenoxy) is 2. The van der Waals surface area contributed by atoms with Crippen LogP contribution in [0.1, 0.15) is 15.9 Å². The highest BCUT2D eigenvalue weighted by Gasteiger charge is 2.23. The summed E-state index contributed by atoms with van der Waals surface area (Å²) in [6, 6.07) is 15.5. The Bertz CT molecular complexity index is 949. The van der Waals surface area contributed by atoms with Crippen molar-refractivity contribution in [1.82, 2.24) is 10.3 Å². The molecule has 1 aromatic heterocycles. The predicted molar refractivity (Wildman–Crippen MR) is 102 cm³/mol. The summed E-state index contributed by atoms with van der Waals surface area (Å²) >= 11 is 0. The molecule has 3 aromatic rings. The van der Waals surface area contributed by atoms with E-state index in [9.17, 15) is 9.59 Å². The van der Waals surface area contributed by atoms with Gasteiger partial charge in [0.05, 0.1) is 25.3 Å². The maximum Gasteiger partial charge on any atom is 0.328 e. The fourth-order valence-electron chi connectivity index (χ4n) is 2.86. The zero-order chi connectivity index (χ0) is 19.2. The van der Waals surface area contributed by atoms with Gasteiger partial charge in [0.1, 0.15) is 11.8 Å². The van der Waals surface area contributed by atoms with Crippen LogP contribution in [0.25, 0.3) is 10.9 Å². The average molecular weight is 364 g/mol. The summed E-state index contributed by atoms with van der Waals surface area (Å²) in [5.41, 5.74) is 2.06. The summed E-state index contributed by atoms with van der Waals surface area (Å²) in [6.07, 6.45) is 1.89. The molecule has 0 unspecified atom stereocenters. The first-order valence-corrected chi connectivity index (χ1v) is 8.47. The van der Waals surface area contributed by atoms with Gasteiger partial charge < -0.3 is 14.8 Å². The van der Waals surface area contributed by atoms with Crippen molar-refractivity contribution in [2.75, 3.05) is 14.2 Å². The normalized spacial score (nSPS) is 11.6. The lowest BCUT2D eigenvalue weighted by molar-refractivity contribution is -0.142. The number of rotatable bonds is 6. The third-order valence-corrected chi connectivity index (χ3v) is 4.28. The lowest BCUT2D eigenvalue weighted by atomic mass is 10.0. The first kappa shape index (κ1) is 18.4. The Balaban J connectivity index is 1.83. The van der Waals surface area contributed by atoms with Gasteiger partial charge in [-0.1, -0.05) is 30.3 Å². The van der Waals surface area contributed by atoms with Gasteiger partial charge >= 0.3 is 5.97 Å². The van der Waals surface area contributed by atoms with E-state index in [1.165, 1.54) is 7.11 Å². The largest absolute Gasteiger partial charge is 0.497 e. The maximum atomic E-state index is 12.8. The van der Waals surface area contributed by atoms with Crippen LogP contribution in [0.3, 0.4) is 0 Å². The molecule has 0 aliphatic rings. The monoisotopic (exact) mass is 364 g/mol. The number of carbonyl (C=O) groups excluding carboxylic acids is 2. The first-order chi connectivity index (χ1) is 13.1. The molecule has 138 valence electrons. The van der Waals surface area contributed by atoms with E-state index in [1.54, 1.807) is 19.4 Å². The van der Waals surface area contributed by atoms with Crippen molar-refractivity contribution in [3.8, 4) is 5.75 Å². The van der Waals surface area contributed by atoms with E-state index in [1.807, 2.05) is 48.5 Å². The molecule has 1 amide bonds. The van der Waals surface area contributed by atoms with Gasteiger partial charge in [-0.25, -0.2) is 4.79 Å². The Labute approximate surface area is 157 Å². The molecule has 1 N–H and O–H groups in total. The zero-order valence-corrected chi connectivity index (χ0v) is 15.1. The third-order valence-electron chi connectivity index (χ3n) is 4.28. The molecule has 1 atom stereocenters. The summed E-state index contributed by atoms with van der Waals surface area (Å²) in [6.45, 7) is 0. The van der Waals surface area contributed by atoms with Crippen molar-refractivity contribution < 1.29 is 19.1 Å². The SMILES string of the molecule is COC(=O)[C@H](Cc1ccc(OC)cc1)NC(=O)c1ccnc2ccccc12. The van der Waals surface area contributed by atoms with Crippen LogP contribution in [0.5, 0.6) is 5.75 Å². The highest BCUT2D eigenvalue weighted by molar-refractivity contribution is 6.07. The van der Waals surface area contributed by atoms with Crippen LogP contribution in [0, 0.1) is 0 Å². The fourth-order valence-corrected chi connectivity index (χ4v) is 2.86. The van der Waals surface area contributed by atoms with Crippen LogP contribution in [-0.2, 0) is 16.0 Å². The van der Waals surface area contributed by atoms with Crippen molar-refractivity contribution in [2.45, 2.75) is 12.5 Å². The fraction of sp³-hybridized carbons (Fsp3) is 0.190. The van der Waals surface area contributed by atoms with Gasteiger partial charge in [0.15, 0.2) is 0 Å². The van der Waals surface area contributed by atoms with Gasteiger partial charge in [-0.15, -0.1) is 0 Å². The standard InChI is InChI=1S/C21H20N2O4/c1-26-15-9-7-14(8-10-15)13-19(21(25)27-2)23-20(24)17-11-12-22-18-6-4-3-5-16(17)18/h3-12,19H,13H2,1-2H3,(H,23,24)/t19-/m0/s1. The highest BCUT2D eigenvalue weighted by Crippen LogP contribution is 2.17. The Morgan fingerprint density at radius 2 is 1.78 bits per heavy atom. The lowest BCUT2D eigenvalue weighted by Crippen LogP contribution is -2.43. The molecule has 0 saturated carbocycles. The number of hydrogen-bond acceptors (Lipinski definition) is 5. The molecule has 2 aromatic carbocycles. The molecule has 0 saturated heterocycles. The van der Waals surface area contributed by atoms with Crippen molar-refractivity contribution in [2.24, 2.45) is 0 Å². The van der Waals surface area contributed by atoms with Gasteiger partial charge in [0.2, 0.25) is 0 Å². The highest BCUT2D eigenvalue weighted by atomic mass is 16.5. The van der Waals surface area contributed by atoms with Crippen LogP contribution in [0.2, 0.25) is 0 Å². The van der Waals surface area contributed by atoms with Crippen LogP contribution >= 0.6 is 0 Å². The smallest absolute Gasteiger partial charge is 0.328 e. The number of carbonyl (C=O) groups is 2. The van der Waals surface area contributed by atoms with E-state index < -0.39 is 12.0 Å². The van der Waals surface area contributed by atoms with Gasteiger partial charge in [-0.05, 0) is 29.8 Å². The number of pyridine rings is 1. The molecular formula is C21H20N2O4. The summed E-state index contributed by atoms with van der Waals surface area (Å²) in [7, 11) is 2.89. The molecule has 0 radical (unpaired) electrons. The van der Waals surface area contributed by atoms with Crippen LogP contribution in [-0.4, -0.2) is 37.1 Å². The number of nitrogens with one attached hydrogen (secondary N) is 1. The molecule has 0 aliphatic carbocycles. The second kappa shape index (κ2) is 8.31. The second-order valence-electron chi connectivity index (χ2n) is 5.98. The second-order valence-corrected chi connectivity index (χ2v) is 5.98. The number of aromatic nitrogens is 1. The van der Waals surface area contributed by atoms with Crippen LogP contribution in [0.4, 0.5) is 0 Å². The quantitative estimate of drug-likeness (QED) is 0.681. The molecule has 3 rings (SSSR count).